The molecule has 0 aliphatic rings. The average Bonchev–Trinajstić information content (AvgIpc) is 2.55. The Labute approximate surface area is 158 Å². The van der Waals surface area contributed by atoms with Crippen LogP contribution in [0.3, 0.4) is 0 Å². The van der Waals surface area contributed by atoms with Crippen molar-refractivity contribution in [3.63, 3.8) is 0 Å². The molecule has 1 rings (SSSR count). The smallest absolute Gasteiger partial charge is 0.349 e. The molecule has 0 aliphatic carbocycles. The van der Waals surface area contributed by atoms with Crippen molar-refractivity contribution < 1.29 is 14.3 Å². The van der Waals surface area contributed by atoms with Gasteiger partial charge in [-0.15, -0.1) is 0 Å². The highest BCUT2D eigenvalue weighted by Gasteiger charge is 2.32. The summed E-state index contributed by atoms with van der Waals surface area (Å²) in [5, 5.41) is 0. The topological polar surface area (TPSA) is 42.0 Å². The van der Waals surface area contributed by atoms with Gasteiger partial charge in [-0.3, -0.25) is 4.90 Å². The monoisotopic (exact) mass is 362 g/mol. The summed E-state index contributed by atoms with van der Waals surface area (Å²) in [6.45, 7) is 13.4. The Kier molecular flexibility index (Phi) is 8.15. The fraction of sp³-hybridized carbons (Fsp3) is 0.571. The van der Waals surface area contributed by atoms with Crippen molar-refractivity contribution in [1.82, 2.24) is 9.80 Å². The van der Waals surface area contributed by atoms with E-state index in [-0.39, 0.29) is 5.97 Å². The van der Waals surface area contributed by atoms with Crippen molar-refractivity contribution in [3.8, 4) is 5.75 Å². The number of ether oxygens (including phenoxy) is 2. The summed E-state index contributed by atoms with van der Waals surface area (Å²) < 4.78 is 11.1. The summed E-state index contributed by atoms with van der Waals surface area (Å²) >= 11 is 0. The van der Waals surface area contributed by atoms with Crippen LogP contribution in [0, 0.1) is 0 Å². The molecular weight excluding hydrogens is 328 g/mol. The highest BCUT2D eigenvalue weighted by molar-refractivity contribution is 5.79. The summed E-state index contributed by atoms with van der Waals surface area (Å²) in [5.74, 6) is 0.378. The second-order valence-corrected chi connectivity index (χ2v) is 7.26. The van der Waals surface area contributed by atoms with Crippen LogP contribution in [-0.4, -0.2) is 55.7 Å². The van der Waals surface area contributed by atoms with Crippen molar-refractivity contribution in [2.75, 3.05) is 34.3 Å². The van der Waals surface area contributed by atoms with Crippen LogP contribution in [0.15, 0.2) is 30.5 Å². The zero-order valence-corrected chi connectivity index (χ0v) is 17.4. The van der Waals surface area contributed by atoms with Gasteiger partial charge in [-0.25, -0.2) is 4.79 Å². The van der Waals surface area contributed by atoms with E-state index in [0.29, 0.717) is 6.61 Å². The fourth-order valence-electron chi connectivity index (χ4n) is 2.55. The van der Waals surface area contributed by atoms with Gasteiger partial charge >= 0.3 is 5.97 Å². The van der Waals surface area contributed by atoms with E-state index in [4.69, 9.17) is 9.47 Å². The van der Waals surface area contributed by atoms with Crippen molar-refractivity contribution >= 4 is 5.97 Å². The summed E-state index contributed by atoms with van der Waals surface area (Å²) in [6, 6.07) is 6.14. The largest absolute Gasteiger partial charge is 0.476 e. The maximum absolute atomic E-state index is 12.1. The van der Waals surface area contributed by atoms with E-state index in [1.165, 1.54) is 5.56 Å². The second kappa shape index (κ2) is 9.62. The first-order valence-electron chi connectivity index (χ1n) is 9.12. The lowest BCUT2D eigenvalue weighted by Gasteiger charge is -2.26. The number of carbonyl (C=O) groups excluding carboxylic acids is 1. The van der Waals surface area contributed by atoms with Gasteiger partial charge in [-0.1, -0.05) is 25.6 Å². The van der Waals surface area contributed by atoms with Gasteiger partial charge in [0.15, 0.2) is 5.60 Å². The van der Waals surface area contributed by atoms with Gasteiger partial charge in [0.2, 0.25) is 0 Å². The van der Waals surface area contributed by atoms with Gasteiger partial charge in [0, 0.05) is 32.9 Å². The van der Waals surface area contributed by atoms with Crippen LogP contribution in [0.1, 0.15) is 38.8 Å². The number of hydrogen-bond donors (Lipinski definition) is 0. The van der Waals surface area contributed by atoms with Crippen molar-refractivity contribution in [2.24, 2.45) is 0 Å². The van der Waals surface area contributed by atoms with Crippen molar-refractivity contribution in [3.05, 3.63) is 41.6 Å². The molecule has 0 saturated carbocycles. The molecule has 0 unspecified atom stereocenters. The fourth-order valence-corrected chi connectivity index (χ4v) is 2.55. The molecule has 0 aromatic heterocycles. The number of nitrogens with zero attached hydrogens (tertiary/aromatic N) is 2. The number of esters is 1. The molecule has 0 bridgehead atoms. The summed E-state index contributed by atoms with van der Waals surface area (Å²) in [7, 11) is 6.08. The molecule has 0 saturated heterocycles. The van der Waals surface area contributed by atoms with Crippen LogP contribution in [0.25, 0.3) is 0 Å². The Balaban J connectivity index is 2.87. The van der Waals surface area contributed by atoms with E-state index in [1.54, 1.807) is 20.8 Å². The molecule has 1 aromatic carbocycles. The number of likely N-dealkylation sites (N-methyl/N-ethyl adjacent to an activating group) is 2. The van der Waals surface area contributed by atoms with Crippen molar-refractivity contribution in [2.45, 2.75) is 46.3 Å². The highest BCUT2D eigenvalue weighted by atomic mass is 16.6. The lowest BCUT2D eigenvalue weighted by Crippen LogP contribution is -2.40. The maximum Gasteiger partial charge on any atom is 0.349 e. The molecule has 0 N–H and O–H groups in total. The predicted octanol–water partition coefficient (Wildman–Crippen LogP) is 3.48. The van der Waals surface area contributed by atoms with E-state index < -0.39 is 5.60 Å². The molecule has 0 atom stereocenters. The van der Waals surface area contributed by atoms with E-state index in [0.717, 1.165) is 36.5 Å². The van der Waals surface area contributed by atoms with Crippen LogP contribution in [-0.2, 0) is 22.5 Å². The molecule has 5 heteroatoms. The Morgan fingerprint density at radius 3 is 2.38 bits per heavy atom. The number of aryl methyl sites for hydroxylation is 1. The molecule has 0 fully saturated rings. The third kappa shape index (κ3) is 6.37. The number of carbonyl (C=O) groups is 1. The molecular formula is C21H34N2O3. The van der Waals surface area contributed by atoms with Gasteiger partial charge < -0.3 is 14.4 Å². The quantitative estimate of drug-likeness (QED) is 0.596. The molecule has 26 heavy (non-hydrogen) atoms. The number of rotatable bonds is 10. The molecule has 1 aromatic rings. The summed E-state index contributed by atoms with van der Waals surface area (Å²) in [4.78, 5) is 16.3. The minimum absolute atomic E-state index is 0.343. The third-order valence-electron chi connectivity index (χ3n) is 4.18. The van der Waals surface area contributed by atoms with Gasteiger partial charge in [0.1, 0.15) is 5.75 Å². The van der Waals surface area contributed by atoms with Gasteiger partial charge in [0.25, 0.3) is 0 Å². The SMILES string of the molecule is C=C(CN(C)Cc1ccc(OC(C)(C)C(=O)OCC)c(CC)c1)N(C)C. The minimum Gasteiger partial charge on any atom is -0.476 e. The van der Waals surface area contributed by atoms with Gasteiger partial charge in [-0.05, 0) is 51.4 Å². The van der Waals surface area contributed by atoms with Gasteiger partial charge in [0.05, 0.1) is 6.61 Å². The number of benzene rings is 1. The molecule has 5 nitrogen and oxygen atoms in total. The van der Waals surface area contributed by atoms with Gasteiger partial charge in [-0.2, -0.15) is 0 Å². The Hall–Kier alpha value is -2.01. The van der Waals surface area contributed by atoms with Crippen LogP contribution in [0.2, 0.25) is 0 Å². The van der Waals surface area contributed by atoms with E-state index >= 15 is 0 Å². The maximum atomic E-state index is 12.1. The Morgan fingerprint density at radius 2 is 1.85 bits per heavy atom. The normalized spacial score (nSPS) is 11.4. The Bertz CT molecular complexity index is 624. The lowest BCUT2D eigenvalue weighted by molar-refractivity contribution is -0.158. The highest BCUT2D eigenvalue weighted by Crippen LogP contribution is 2.26. The Morgan fingerprint density at radius 1 is 1.19 bits per heavy atom. The summed E-state index contributed by atoms with van der Waals surface area (Å²) in [5.41, 5.74) is 2.35. The predicted molar refractivity (Wildman–Crippen MR) is 106 cm³/mol. The second-order valence-electron chi connectivity index (χ2n) is 7.26. The van der Waals surface area contributed by atoms with Crippen LogP contribution >= 0.6 is 0 Å². The zero-order chi connectivity index (χ0) is 19.9. The lowest BCUT2D eigenvalue weighted by atomic mass is 10.1. The van der Waals surface area contributed by atoms with Crippen molar-refractivity contribution in [1.29, 1.82) is 0 Å². The standard InChI is InChI=1S/C21H34N2O3/c1-9-18-13-17(15-23(8)14-16(3)22(6)7)11-12-19(18)26-21(4,5)20(24)25-10-2/h11-13H,3,9-10,14-15H2,1-2,4-8H3. The zero-order valence-electron chi connectivity index (χ0n) is 17.4. The third-order valence-corrected chi connectivity index (χ3v) is 4.18. The first-order chi connectivity index (χ1) is 12.1. The van der Waals surface area contributed by atoms with Crippen LogP contribution in [0.4, 0.5) is 0 Å². The molecule has 0 spiro atoms. The number of hydrogen-bond acceptors (Lipinski definition) is 5. The van der Waals surface area contributed by atoms with E-state index in [1.807, 2.05) is 31.1 Å². The minimum atomic E-state index is -1.01. The molecule has 0 amide bonds. The first kappa shape index (κ1) is 22.0. The molecule has 0 aliphatic heterocycles. The summed E-state index contributed by atoms with van der Waals surface area (Å²) in [6.07, 6.45) is 0.830. The molecule has 0 radical (unpaired) electrons. The van der Waals surface area contributed by atoms with Crippen LogP contribution < -0.4 is 4.74 Å². The van der Waals surface area contributed by atoms with Crippen LogP contribution in [0.5, 0.6) is 5.75 Å². The van der Waals surface area contributed by atoms with E-state index in [2.05, 4.69) is 31.5 Å². The first-order valence-corrected chi connectivity index (χ1v) is 9.12. The molecule has 146 valence electrons. The average molecular weight is 363 g/mol. The van der Waals surface area contributed by atoms with E-state index in [9.17, 15) is 4.79 Å². The molecule has 0 heterocycles.